The molecule has 0 aliphatic carbocycles. The maximum atomic E-state index is 12.8. The topological polar surface area (TPSA) is 120 Å². The Bertz CT molecular complexity index is 736. The minimum Gasteiger partial charge on any atom is -0.444 e. The molecule has 0 bridgehead atoms. The molecule has 2 atom stereocenters. The number of rotatable bonds is 5. The second-order valence-electron chi connectivity index (χ2n) is 9.07. The highest BCUT2D eigenvalue weighted by Crippen LogP contribution is 2.27. The first-order chi connectivity index (χ1) is 12.9. The number of carbonyl (C=O) groups excluding carboxylic acids is 3. The molecule has 1 saturated heterocycles. The fraction of sp³-hybridized carbons (Fsp3) is 0.833. The lowest BCUT2D eigenvalue weighted by Crippen LogP contribution is -2.45. The second-order valence-corrected chi connectivity index (χ2v) is 10.7. The molecule has 168 valence electrons. The van der Waals surface area contributed by atoms with Crippen molar-refractivity contribution >= 4 is 28.2 Å². The number of likely N-dealkylation sites (N-methyl/N-ethyl adjacent to an activating group) is 1. The summed E-state index contributed by atoms with van der Waals surface area (Å²) in [5, 5.41) is 0. The summed E-state index contributed by atoms with van der Waals surface area (Å²) in [6, 6.07) is 0. The van der Waals surface area contributed by atoms with E-state index in [0.29, 0.717) is 0 Å². The summed E-state index contributed by atoms with van der Waals surface area (Å²) in [7, 11) is -2.51. The van der Waals surface area contributed by atoms with Gasteiger partial charge in [0.2, 0.25) is 5.91 Å². The molecule has 1 aliphatic rings. The molecule has 0 radical (unpaired) electrons. The molecule has 0 aromatic heterocycles. The molecule has 2 unspecified atom stereocenters. The summed E-state index contributed by atoms with van der Waals surface area (Å²) >= 11 is 0. The molecule has 11 heteroatoms. The van der Waals surface area contributed by atoms with Gasteiger partial charge in [0, 0.05) is 13.6 Å². The zero-order chi connectivity index (χ0) is 22.8. The van der Waals surface area contributed by atoms with Crippen molar-refractivity contribution in [2.75, 3.05) is 26.4 Å². The van der Waals surface area contributed by atoms with E-state index < -0.39 is 51.4 Å². The van der Waals surface area contributed by atoms with Gasteiger partial charge in [0.1, 0.15) is 17.3 Å². The van der Waals surface area contributed by atoms with Crippen LogP contribution in [0.2, 0.25) is 0 Å². The highest BCUT2D eigenvalue weighted by atomic mass is 32.2. The van der Waals surface area contributed by atoms with Gasteiger partial charge in [-0.2, -0.15) is 8.42 Å². The number of imide groups is 1. The van der Waals surface area contributed by atoms with Crippen LogP contribution in [0.3, 0.4) is 0 Å². The van der Waals surface area contributed by atoms with Crippen LogP contribution in [0, 0.1) is 5.92 Å². The van der Waals surface area contributed by atoms with Crippen LogP contribution < -0.4 is 0 Å². The van der Waals surface area contributed by atoms with E-state index in [2.05, 4.69) is 0 Å². The van der Waals surface area contributed by atoms with E-state index in [9.17, 15) is 22.8 Å². The molecule has 0 spiro atoms. The third-order valence-corrected chi connectivity index (χ3v) is 4.36. The largest absolute Gasteiger partial charge is 0.444 e. The standard InChI is InChI=1S/C18H32N2O8S/c1-17(2,3)26-15(22)19(7)11-13(28-29(8,24)25)12-9-10-20(14(12)21)16(23)27-18(4,5)6/h12-13H,9-11H2,1-8H3. The Morgan fingerprint density at radius 2 is 1.66 bits per heavy atom. The van der Waals surface area contributed by atoms with Crippen molar-refractivity contribution in [3.63, 3.8) is 0 Å². The van der Waals surface area contributed by atoms with Crippen molar-refractivity contribution in [1.82, 2.24) is 9.80 Å². The van der Waals surface area contributed by atoms with Gasteiger partial charge in [-0.05, 0) is 48.0 Å². The monoisotopic (exact) mass is 436 g/mol. The van der Waals surface area contributed by atoms with Crippen LogP contribution in [0.1, 0.15) is 48.0 Å². The summed E-state index contributed by atoms with van der Waals surface area (Å²) in [4.78, 5) is 39.3. The lowest BCUT2D eigenvalue weighted by molar-refractivity contribution is -0.132. The zero-order valence-electron chi connectivity index (χ0n) is 18.3. The van der Waals surface area contributed by atoms with Gasteiger partial charge in [0.05, 0.1) is 18.7 Å². The normalized spacial score (nSPS) is 19.1. The van der Waals surface area contributed by atoms with E-state index in [0.717, 1.165) is 16.1 Å². The van der Waals surface area contributed by atoms with Gasteiger partial charge in [-0.3, -0.25) is 8.98 Å². The highest BCUT2D eigenvalue weighted by molar-refractivity contribution is 7.86. The molecule has 1 rings (SSSR count). The van der Waals surface area contributed by atoms with E-state index in [1.54, 1.807) is 41.5 Å². The highest BCUT2D eigenvalue weighted by Gasteiger charge is 2.44. The minimum absolute atomic E-state index is 0.0676. The van der Waals surface area contributed by atoms with Gasteiger partial charge in [0.15, 0.2) is 0 Å². The molecular weight excluding hydrogens is 404 g/mol. The predicted molar refractivity (Wildman–Crippen MR) is 105 cm³/mol. The average molecular weight is 437 g/mol. The van der Waals surface area contributed by atoms with Crippen molar-refractivity contribution < 1.29 is 36.5 Å². The Morgan fingerprint density at radius 3 is 2.10 bits per heavy atom. The number of hydrogen-bond acceptors (Lipinski definition) is 8. The average Bonchev–Trinajstić information content (AvgIpc) is 2.83. The first kappa shape index (κ1) is 25.2. The maximum Gasteiger partial charge on any atom is 0.417 e. The van der Waals surface area contributed by atoms with Crippen molar-refractivity contribution in [2.45, 2.75) is 65.3 Å². The summed E-state index contributed by atoms with van der Waals surface area (Å²) in [6.45, 7) is 9.98. The number of carbonyl (C=O) groups is 3. The predicted octanol–water partition coefficient (Wildman–Crippen LogP) is 1.98. The summed E-state index contributed by atoms with van der Waals surface area (Å²) in [6.07, 6.45) is -1.61. The van der Waals surface area contributed by atoms with E-state index >= 15 is 0 Å². The van der Waals surface area contributed by atoms with Crippen molar-refractivity contribution in [1.29, 1.82) is 0 Å². The summed E-state index contributed by atoms with van der Waals surface area (Å²) in [5.41, 5.74) is -1.52. The van der Waals surface area contributed by atoms with Crippen LogP contribution in [0.5, 0.6) is 0 Å². The lowest BCUT2D eigenvalue weighted by atomic mass is 10.0. The quantitative estimate of drug-likeness (QED) is 0.600. The van der Waals surface area contributed by atoms with E-state index in [1.165, 1.54) is 7.05 Å². The van der Waals surface area contributed by atoms with Crippen LogP contribution in [-0.2, 0) is 28.6 Å². The molecular formula is C18H32N2O8S. The molecule has 0 aromatic rings. The van der Waals surface area contributed by atoms with Gasteiger partial charge in [-0.1, -0.05) is 0 Å². The van der Waals surface area contributed by atoms with E-state index in [-0.39, 0.29) is 19.5 Å². The van der Waals surface area contributed by atoms with Crippen LogP contribution in [-0.4, -0.2) is 80.0 Å². The third-order valence-electron chi connectivity index (χ3n) is 3.77. The smallest absolute Gasteiger partial charge is 0.417 e. The minimum atomic E-state index is -3.92. The van der Waals surface area contributed by atoms with Crippen LogP contribution in [0.25, 0.3) is 0 Å². The Labute approximate surface area is 172 Å². The third kappa shape index (κ3) is 8.57. The molecule has 10 nitrogen and oxygen atoms in total. The Kier molecular flexibility index (Phi) is 7.69. The first-order valence-electron chi connectivity index (χ1n) is 9.26. The number of amides is 3. The van der Waals surface area contributed by atoms with Crippen molar-refractivity contribution in [2.24, 2.45) is 5.92 Å². The van der Waals surface area contributed by atoms with Crippen molar-refractivity contribution in [3.05, 3.63) is 0 Å². The molecule has 1 fully saturated rings. The van der Waals surface area contributed by atoms with Gasteiger partial charge in [-0.25, -0.2) is 14.5 Å². The number of ether oxygens (including phenoxy) is 2. The molecule has 3 amide bonds. The van der Waals surface area contributed by atoms with Gasteiger partial charge >= 0.3 is 12.2 Å². The Hall–Kier alpha value is -1.88. The lowest BCUT2D eigenvalue weighted by Gasteiger charge is -2.29. The van der Waals surface area contributed by atoms with Crippen LogP contribution in [0.15, 0.2) is 0 Å². The maximum absolute atomic E-state index is 12.8. The number of hydrogen-bond donors (Lipinski definition) is 0. The summed E-state index contributed by atoms with van der Waals surface area (Å²) < 4.78 is 39.0. The fourth-order valence-electron chi connectivity index (χ4n) is 2.68. The van der Waals surface area contributed by atoms with Gasteiger partial charge < -0.3 is 14.4 Å². The summed E-state index contributed by atoms with van der Waals surface area (Å²) in [5.74, 6) is -1.53. The first-order valence-corrected chi connectivity index (χ1v) is 11.1. The molecule has 0 saturated carbocycles. The molecule has 1 heterocycles. The van der Waals surface area contributed by atoms with Crippen LogP contribution in [0.4, 0.5) is 9.59 Å². The molecule has 0 aromatic carbocycles. The molecule has 1 aliphatic heterocycles. The molecule has 29 heavy (non-hydrogen) atoms. The Morgan fingerprint density at radius 1 is 1.14 bits per heavy atom. The number of likely N-dealkylation sites (tertiary alicyclic amines) is 1. The van der Waals surface area contributed by atoms with E-state index in [4.69, 9.17) is 13.7 Å². The van der Waals surface area contributed by atoms with Crippen molar-refractivity contribution in [3.8, 4) is 0 Å². The zero-order valence-corrected chi connectivity index (χ0v) is 19.2. The SMILES string of the molecule is CN(CC(OS(C)(=O)=O)C1CCN(C(=O)OC(C)(C)C)C1=O)C(=O)OC(C)(C)C. The van der Waals surface area contributed by atoms with Gasteiger partial charge in [0.25, 0.3) is 10.1 Å². The second kappa shape index (κ2) is 8.86. The van der Waals surface area contributed by atoms with Crippen LogP contribution >= 0.6 is 0 Å². The molecule has 0 N–H and O–H groups in total. The fourth-order valence-corrected chi connectivity index (χ4v) is 3.32. The van der Waals surface area contributed by atoms with Gasteiger partial charge in [-0.15, -0.1) is 0 Å². The van der Waals surface area contributed by atoms with E-state index in [1.807, 2.05) is 0 Å². The Balaban J connectivity index is 2.97. The number of nitrogens with zero attached hydrogens (tertiary/aromatic N) is 2.